The zero-order chi connectivity index (χ0) is 15.4. The van der Waals surface area contributed by atoms with Gasteiger partial charge in [0.05, 0.1) is 5.56 Å². The first-order chi connectivity index (χ1) is 10.0. The Kier molecular flexibility index (Phi) is 5.65. The van der Waals surface area contributed by atoms with Crippen molar-refractivity contribution in [3.63, 3.8) is 0 Å². The molecule has 0 spiro atoms. The van der Waals surface area contributed by atoms with Gasteiger partial charge in [-0.2, -0.15) is 0 Å². The average molecular weight is 414 g/mol. The van der Waals surface area contributed by atoms with E-state index in [2.05, 4.69) is 22.6 Å². The summed E-state index contributed by atoms with van der Waals surface area (Å²) in [4.78, 5) is 14.6. The van der Waals surface area contributed by atoms with Crippen LogP contribution in [0.25, 0.3) is 0 Å². The Bertz CT molecular complexity index is 657. The Morgan fingerprint density at radius 1 is 1.24 bits per heavy atom. The molecule has 0 aliphatic heterocycles. The summed E-state index contributed by atoms with van der Waals surface area (Å²) >= 11 is 8.25. The average Bonchev–Trinajstić information content (AvgIpc) is 2.47. The summed E-state index contributed by atoms with van der Waals surface area (Å²) in [6.45, 7) is 5.24. The Morgan fingerprint density at radius 3 is 2.62 bits per heavy atom. The zero-order valence-corrected chi connectivity index (χ0v) is 15.0. The number of hydrogen-bond acceptors (Lipinski definition) is 1. The van der Waals surface area contributed by atoms with Crippen LogP contribution >= 0.6 is 34.2 Å². The maximum absolute atomic E-state index is 12.7. The molecule has 0 bridgehead atoms. The molecule has 0 saturated carbocycles. The fourth-order valence-electron chi connectivity index (χ4n) is 2.17. The van der Waals surface area contributed by atoms with Gasteiger partial charge in [-0.05, 0) is 65.8 Å². The quantitative estimate of drug-likeness (QED) is 0.652. The standard InChI is InChI=1S/C17H17ClINO/c1-3-20(11-13-7-5-8-14(18)10-13)17(21)15-9-4-6-12(2)16(15)19/h4-10H,3,11H2,1-2H3. The predicted molar refractivity (Wildman–Crippen MR) is 95.8 cm³/mol. The zero-order valence-electron chi connectivity index (χ0n) is 12.1. The number of benzene rings is 2. The fraction of sp³-hybridized carbons (Fsp3) is 0.235. The minimum absolute atomic E-state index is 0.0607. The fourth-order valence-corrected chi connectivity index (χ4v) is 2.97. The van der Waals surface area contributed by atoms with E-state index in [0.717, 1.165) is 20.3 Å². The predicted octanol–water partition coefficient (Wildman–Crippen LogP) is 4.92. The number of rotatable bonds is 4. The van der Waals surface area contributed by atoms with Gasteiger partial charge in [-0.25, -0.2) is 0 Å². The van der Waals surface area contributed by atoms with Crippen LogP contribution in [0.1, 0.15) is 28.4 Å². The number of hydrogen-bond donors (Lipinski definition) is 0. The molecule has 0 aliphatic rings. The summed E-state index contributed by atoms with van der Waals surface area (Å²) in [6, 6.07) is 13.5. The lowest BCUT2D eigenvalue weighted by Gasteiger charge is -2.22. The summed E-state index contributed by atoms with van der Waals surface area (Å²) in [6.07, 6.45) is 0. The third-order valence-corrected chi connectivity index (χ3v) is 5.02. The van der Waals surface area contributed by atoms with Crippen molar-refractivity contribution in [2.45, 2.75) is 20.4 Å². The molecule has 2 rings (SSSR count). The maximum atomic E-state index is 12.7. The highest BCUT2D eigenvalue weighted by atomic mass is 127. The molecule has 0 aromatic heterocycles. The smallest absolute Gasteiger partial charge is 0.255 e. The van der Waals surface area contributed by atoms with Crippen LogP contribution in [0.2, 0.25) is 5.02 Å². The van der Waals surface area contributed by atoms with Crippen LogP contribution in [0.4, 0.5) is 0 Å². The van der Waals surface area contributed by atoms with Gasteiger partial charge < -0.3 is 4.90 Å². The second-order valence-electron chi connectivity index (χ2n) is 4.89. The highest BCUT2D eigenvalue weighted by Crippen LogP contribution is 2.20. The lowest BCUT2D eigenvalue weighted by molar-refractivity contribution is 0.0751. The van der Waals surface area contributed by atoms with Gasteiger partial charge in [-0.15, -0.1) is 0 Å². The Morgan fingerprint density at radius 2 is 1.95 bits per heavy atom. The van der Waals surface area contributed by atoms with Gasteiger partial charge in [0.15, 0.2) is 0 Å². The number of nitrogens with zero attached hydrogens (tertiary/aromatic N) is 1. The first-order valence-electron chi connectivity index (χ1n) is 6.81. The number of carbonyl (C=O) groups excluding carboxylic acids is 1. The number of carbonyl (C=O) groups is 1. The molecule has 0 saturated heterocycles. The second-order valence-corrected chi connectivity index (χ2v) is 6.40. The van der Waals surface area contributed by atoms with Crippen molar-refractivity contribution in [2.75, 3.05) is 6.54 Å². The minimum Gasteiger partial charge on any atom is -0.335 e. The molecule has 0 fully saturated rings. The van der Waals surface area contributed by atoms with E-state index in [4.69, 9.17) is 11.6 Å². The molecule has 0 heterocycles. The first-order valence-corrected chi connectivity index (χ1v) is 8.27. The molecular formula is C17H17ClINO. The van der Waals surface area contributed by atoms with Crippen molar-refractivity contribution in [1.29, 1.82) is 0 Å². The molecule has 2 aromatic carbocycles. The van der Waals surface area contributed by atoms with Gasteiger partial charge in [-0.1, -0.05) is 35.9 Å². The number of amides is 1. The highest BCUT2D eigenvalue weighted by Gasteiger charge is 2.17. The van der Waals surface area contributed by atoms with E-state index >= 15 is 0 Å². The molecule has 0 unspecified atom stereocenters. The molecule has 21 heavy (non-hydrogen) atoms. The molecule has 0 radical (unpaired) electrons. The third kappa shape index (κ3) is 3.98. The lowest BCUT2D eigenvalue weighted by Crippen LogP contribution is -2.31. The van der Waals surface area contributed by atoms with Gasteiger partial charge in [0.2, 0.25) is 0 Å². The molecule has 110 valence electrons. The van der Waals surface area contributed by atoms with E-state index in [1.54, 1.807) is 0 Å². The van der Waals surface area contributed by atoms with E-state index < -0.39 is 0 Å². The Balaban J connectivity index is 2.25. The molecule has 0 N–H and O–H groups in total. The molecule has 0 atom stereocenters. The minimum atomic E-state index is 0.0607. The van der Waals surface area contributed by atoms with Crippen molar-refractivity contribution in [2.24, 2.45) is 0 Å². The van der Waals surface area contributed by atoms with E-state index in [1.165, 1.54) is 0 Å². The summed E-state index contributed by atoms with van der Waals surface area (Å²) in [7, 11) is 0. The van der Waals surface area contributed by atoms with Crippen LogP contribution in [0.3, 0.4) is 0 Å². The van der Waals surface area contributed by atoms with Crippen LogP contribution in [-0.2, 0) is 6.54 Å². The van der Waals surface area contributed by atoms with E-state index in [9.17, 15) is 4.79 Å². The van der Waals surface area contributed by atoms with Crippen LogP contribution in [-0.4, -0.2) is 17.4 Å². The van der Waals surface area contributed by atoms with Gasteiger partial charge in [0, 0.05) is 21.7 Å². The van der Waals surface area contributed by atoms with Crippen molar-refractivity contribution in [3.05, 3.63) is 67.7 Å². The van der Waals surface area contributed by atoms with E-state index in [0.29, 0.717) is 18.1 Å². The Labute approximate surface area is 144 Å². The molecular weight excluding hydrogens is 397 g/mol. The monoisotopic (exact) mass is 413 g/mol. The largest absolute Gasteiger partial charge is 0.335 e. The molecule has 0 aliphatic carbocycles. The van der Waals surface area contributed by atoms with Crippen LogP contribution in [0.5, 0.6) is 0 Å². The molecule has 2 nitrogen and oxygen atoms in total. The van der Waals surface area contributed by atoms with Crippen molar-refractivity contribution < 1.29 is 4.79 Å². The summed E-state index contributed by atoms with van der Waals surface area (Å²) in [5, 5.41) is 0.695. The molecule has 4 heteroatoms. The van der Waals surface area contributed by atoms with E-state index in [-0.39, 0.29) is 5.91 Å². The van der Waals surface area contributed by atoms with Gasteiger partial charge >= 0.3 is 0 Å². The molecule has 1 amide bonds. The van der Waals surface area contributed by atoms with Gasteiger partial charge in [0.25, 0.3) is 5.91 Å². The highest BCUT2D eigenvalue weighted by molar-refractivity contribution is 14.1. The van der Waals surface area contributed by atoms with Crippen molar-refractivity contribution >= 4 is 40.1 Å². The van der Waals surface area contributed by atoms with Crippen LogP contribution in [0.15, 0.2) is 42.5 Å². The molecule has 2 aromatic rings. The van der Waals surface area contributed by atoms with Gasteiger partial charge in [-0.3, -0.25) is 4.79 Å². The van der Waals surface area contributed by atoms with Crippen molar-refractivity contribution in [1.82, 2.24) is 4.90 Å². The van der Waals surface area contributed by atoms with Gasteiger partial charge in [0.1, 0.15) is 0 Å². The van der Waals surface area contributed by atoms with Crippen LogP contribution < -0.4 is 0 Å². The van der Waals surface area contributed by atoms with Crippen molar-refractivity contribution in [3.8, 4) is 0 Å². The summed E-state index contributed by atoms with van der Waals surface area (Å²) < 4.78 is 1.02. The summed E-state index contributed by atoms with van der Waals surface area (Å²) in [5.41, 5.74) is 2.93. The maximum Gasteiger partial charge on any atom is 0.255 e. The number of halogens is 2. The summed E-state index contributed by atoms with van der Waals surface area (Å²) in [5.74, 6) is 0.0607. The normalized spacial score (nSPS) is 10.5. The Hall–Kier alpha value is -1.07. The lowest BCUT2D eigenvalue weighted by atomic mass is 10.1. The SMILES string of the molecule is CCN(Cc1cccc(Cl)c1)C(=O)c1cccc(C)c1I. The topological polar surface area (TPSA) is 20.3 Å². The van der Waals surface area contributed by atoms with E-state index in [1.807, 2.05) is 61.2 Å². The third-order valence-electron chi connectivity index (χ3n) is 3.35. The first kappa shape index (κ1) is 16.3. The number of aryl methyl sites for hydroxylation is 1. The van der Waals surface area contributed by atoms with Crippen LogP contribution in [0, 0.1) is 10.5 Å². The second kappa shape index (κ2) is 7.27.